The van der Waals surface area contributed by atoms with Crippen molar-refractivity contribution in [1.82, 2.24) is 5.32 Å². The van der Waals surface area contributed by atoms with E-state index in [-0.39, 0.29) is 11.9 Å². The highest BCUT2D eigenvalue weighted by Gasteiger charge is 2.18. The molecule has 4 nitrogen and oxygen atoms in total. The maximum Gasteiger partial charge on any atom is 0.287 e. The Morgan fingerprint density at radius 2 is 1.96 bits per heavy atom. The number of hydrogen-bond donors (Lipinski definition) is 1. The molecule has 3 aromatic rings. The maximum atomic E-state index is 12.5. The molecule has 1 aliphatic rings. The van der Waals surface area contributed by atoms with E-state index in [1.807, 2.05) is 31.2 Å². The van der Waals surface area contributed by atoms with E-state index in [0.717, 1.165) is 35.5 Å². The van der Waals surface area contributed by atoms with Gasteiger partial charge in [-0.05, 0) is 55.5 Å². The van der Waals surface area contributed by atoms with Gasteiger partial charge < -0.3 is 14.6 Å². The monoisotopic (exact) mass is 362 g/mol. The fraction of sp³-hybridized carbons (Fsp3) is 0.348. The zero-order chi connectivity index (χ0) is 18.8. The van der Waals surface area contributed by atoms with Gasteiger partial charge in [0.15, 0.2) is 5.76 Å². The maximum absolute atomic E-state index is 12.5. The van der Waals surface area contributed by atoms with E-state index in [1.165, 1.54) is 18.5 Å². The van der Waals surface area contributed by atoms with Crippen molar-refractivity contribution in [1.29, 1.82) is 0 Å². The van der Waals surface area contributed by atoms with E-state index in [2.05, 4.69) is 41.4 Å². The molecule has 0 bridgehead atoms. The Balaban J connectivity index is 1.43. The molecule has 140 valence electrons. The van der Waals surface area contributed by atoms with Gasteiger partial charge in [0.1, 0.15) is 5.58 Å². The highest BCUT2D eigenvalue weighted by atomic mass is 16.3. The molecule has 1 aliphatic heterocycles. The number of fused-ring (bicyclic) bond motifs is 1. The number of furan rings is 1. The van der Waals surface area contributed by atoms with Crippen LogP contribution in [-0.4, -0.2) is 19.0 Å². The summed E-state index contributed by atoms with van der Waals surface area (Å²) >= 11 is 0. The van der Waals surface area contributed by atoms with Gasteiger partial charge in [-0.25, -0.2) is 0 Å². The fourth-order valence-electron chi connectivity index (χ4n) is 3.84. The van der Waals surface area contributed by atoms with E-state index in [0.29, 0.717) is 5.76 Å². The van der Waals surface area contributed by atoms with Crippen molar-refractivity contribution >= 4 is 22.6 Å². The molecule has 1 amide bonds. The Morgan fingerprint density at radius 3 is 2.70 bits per heavy atom. The van der Waals surface area contributed by atoms with Crippen LogP contribution in [0.15, 0.2) is 59.0 Å². The number of anilines is 1. The molecule has 0 aliphatic carbocycles. The molecule has 2 aromatic carbocycles. The van der Waals surface area contributed by atoms with Crippen LogP contribution in [0, 0.1) is 5.92 Å². The minimum Gasteiger partial charge on any atom is -0.451 e. The number of para-hydroxylation sites is 1. The second kappa shape index (κ2) is 7.47. The Morgan fingerprint density at radius 1 is 1.19 bits per heavy atom. The first kappa shape index (κ1) is 17.7. The average Bonchev–Trinajstić information content (AvgIpc) is 3.12. The first-order valence-electron chi connectivity index (χ1n) is 9.74. The standard InChI is InChI=1S/C23H26N2O2/c1-16-6-5-13-25(15-16)20-11-9-18(10-12-20)17(2)24-23(26)22-14-19-7-3-4-8-21(19)27-22/h3-4,7-12,14,16-17H,5-6,13,15H2,1-2H3,(H,24,26)/t16-,17+/m1/s1. The molecule has 1 N–H and O–H groups in total. The summed E-state index contributed by atoms with van der Waals surface area (Å²) in [6.07, 6.45) is 2.58. The van der Waals surface area contributed by atoms with Crippen molar-refractivity contribution in [2.45, 2.75) is 32.7 Å². The number of nitrogens with one attached hydrogen (secondary N) is 1. The van der Waals surface area contributed by atoms with Crippen LogP contribution < -0.4 is 10.2 Å². The summed E-state index contributed by atoms with van der Waals surface area (Å²) < 4.78 is 5.66. The average molecular weight is 362 g/mol. The second-order valence-corrected chi connectivity index (χ2v) is 7.63. The lowest BCUT2D eigenvalue weighted by molar-refractivity contribution is 0.0914. The Bertz CT molecular complexity index is 896. The van der Waals surface area contributed by atoms with Crippen LogP contribution in [-0.2, 0) is 0 Å². The summed E-state index contributed by atoms with van der Waals surface area (Å²) in [5, 5.41) is 3.97. The summed E-state index contributed by atoms with van der Waals surface area (Å²) in [5.74, 6) is 0.912. The number of hydrogen-bond acceptors (Lipinski definition) is 3. The largest absolute Gasteiger partial charge is 0.451 e. The molecule has 0 spiro atoms. The minimum absolute atomic E-state index is 0.0833. The number of piperidine rings is 1. The van der Waals surface area contributed by atoms with Crippen molar-refractivity contribution < 1.29 is 9.21 Å². The summed E-state index contributed by atoms with van der Waals surface area (Å²) in [6.45, 7) is 6.56. The van der Waals surface area contributed by atoms with E-state index < -0.39 is 0 Å². The SMILES string of the molecule is C[C@@H]1CCCN(c2ccc([C@H](C)NC(=O)c3cc4ccccc4o3)cc2)C1. The zero-order valence-corrected chi connectivity index (χ0v) is 15.9. The van der Waals surface area contributed by atoms with E-state index in [1.54, 1.807) is 6.07 Å². The van der Waals surface area contributed by atoms with Crippen LogP contribution in [0.25, 0.3) is 11.0 Å². The first-order valence-corrected chi connectivity index (χ1v) is 9.74. The number of carbonyl (C=O) groups excluding carboxylic acids is 1. The van der Waals surface area contributed by atoms with Crippen molar-refractivity contribution in [3.05, 3.63) is 65.9 Å². The van der Waals surface area contributed by atoms with Gasteiger partial charge in [0, 0.05) is 24.2 Å². The summed E-state index contributed by atoms with van der Waals surface area (Å²) in [7, 11) is 0. The number of carbonyl (C=O) groups is 1. The highest BCUT2D eigenvalue weighted by Crippen LogP contribution is 2.25. The van der Waals surface area contributed by atoms with Crippen LogP contribution >= 0.6 is 0 Å². The third kappa shape index (κ3) is 3.85. The lowest BCUT2D eigenvalue weighted by Gasteiger charge is -2.33. The lowest BCUT2D eigenvalue weighted by Crippen LogP contribution is -2.34. The van der Waals surface area contributed by atoms with Crippen LogP contribution in [0.5, 0.6) is 0 Å². The van der Waals surface area contributed by atoms with Gasteiger partial charge in [0.25, 0.3) is 5.91 Å². The molecule has 1 aromatic heterocycles. The number of nitrogens with zero attached hydrogens (tertiary/aromatic N) is 1. The smallest absolute Gasteiger partial charge is 0.287 e. The quantitative estimate of drug-likeness (QED) is 0.697. The molecule has 27 heavy (non-hydrogen) atoms. The van der Waals surface area contributed by atoms with Gasteiger partial charge >= 0.3 is 0 Å². The fourth-order valence-corrected chi connectivity index (χ4v) is 3.84. The number of rotatable bonds is 4. The van der Waals surface area contributed by atoms with E-state index >= 15 is 0 Å². The van der Waals surface area contributed by atoms with Crippen LogP contribution in [0.2, 0.25) is 0 Å². The third-order valence-corrected chi connectivity index (χ3v) is 5.41. The van der Waals surface area contributed by atoms with Crippen molar-refractivity contribution in [3.63, 3.8) is 0 Å². The molecule has 2 heterocycles. The van der Waals surface area contributed by atoms with Gasteiger partial charge in [-0.15, -0.1) is 0 Å². The Hall–Kier alpha value is -2.75. The normalized spacial score (nSPS) is 18.4. The Kier molecular flexibility index (Phi) is 4.88. The molecule has 0 radical (unpaired) electrons. The van der Waals surface area contributed by atoms with Crippen molar-refractivity contribution in [3.8, 4) is 0 Å². The lowest BCUT2D eigenvalue weighted by atomic mass is 9.99. The molecule has 0 saturated carbocycles. The minimum atomic E-state index is -0.187. The van der Waals surface area contributed by atoms with Crippen molar-refractivity contribution in [2.75, 3.05) is 18.0 Å². The highest BCUT2D eigenvalue weighted by molar-refractivity contribution is 5.96. The summed E-state index contributed by atoms with van der Waals surface area (Å²) in [5.41, 5.74) is 3.09. The van der Waals surface area contributed by atoms with E-state index in [4.69, 9.17) is 4.42 Å². The number of benzene rings is 2. The van der Waals surface area contributed by atoms with Gasteiger partial charge in [0.2, 0.25) is 0 Å². The van der Waals surface area contributed by atoms with Gasteiger partial charge in [0.05, 0.1) is 6.04 Å². The topological polar surface area (TPSA) is 45.5 Å². The van der Waals surface area contributed by atoms with Gasteiger partial charge in [-0.3, -0.25) is 4.79 Å². The van der Waals surface area contributed by atoms with Crippen molar-refractivity contribution in [2.24, 2.45) is 5.92 Å². The molecule has 4 heteroatoms. The molecule has 4 rings (SSSR count). The van der Waals surface area contributed by atoms with Crippen LogP contribution in [0.3, 0.4) is 0 Å². The predicted octanol–water partition coefficient (Wildman–Crippen LogP) is 5.16. The van der Waals surface area contributed by atoms with Crippen LogP contribution in [0.1, 0.15) is 48.8 Å². The van der Waals surface area contributed by atoms with Gasteiger partial charge in [-0.1, -0.05) is 37.3 Å². The second-order valence-electron chi connectivity index (χ2n) is 7.63. The first-order chi connectivity index (χ1) is 13.1. The van der Waals surface area contributed by atoms with Gasteiger partial charge in [-0.2, -0.15) is 0 Å². The van der Waals surface area contributed by atoms with Crippen LogP contribution in [0.4, 0.5) is 5.69 Å². The molecular formula is C23H26N2O2. The Labute approximate surface area is 160 Å². The molecule has 1 fully saturated rings. The third-order valence-electron chi connectivity index (χ3n) is 5.41. The molecular weight excluding hydrogens is 336 g/mol. The molecule has 1 saturated heterocycles. The summed E-state index contributed by atoms with van der Waals surface area (Å²) in [4.78, 5) is 15.0. The molecule has 0 unspecified atom stereocenters. The molecule has 2 atom stereocenters. The number of amides is 1. The van der Waals surface area contributed by atoms with E-state index in [9.17, 15) is 4.79 Å². The zero-order valence-electron chi connectivity index (χ0n) is 15.9. The summed E-state index contributed by atoms with van der Waals surface area (Å²) in [6, 6.07) is 17.9. The predicted molar refractivity (Wildman–Crippen MR) is 109 cm³/mol.